The maximum Gasteiger partial charge on any atom is 0.391 e. The molecule has 0 aliphatic carbocycles. The third-order valence-electron chi connectivity index (χ3n) is 4.33. The average molecular weight is 279 g/mol. The van der Waals surface area contributed by atoms with Crippen molar-refractivity contribution in [3.05, 3.63) is 0 Å². The molecule has 0 bridgehead atoms. The van der Waals surface area contributed by atoms with Crippen molar-refractivity contribution in [2.24, 2.45) is 11.3 Å². The van der Waals surface area contributed by atoms with Crippen LogP contribution in [0, 0.1) is 11.3 Å². The maximum atomic E-state index is 12.6. The van der Waals surface area contributed by atoms with Crippen LogP contribution >= 0.6 is 0 Å². The van der Waals surface area contributed by atoms with Gasteiger partial charge in [0.05, 0.1) is 5.92 Å². The van der Waals surface area contributed by atoms with Gasteiger partial charge in [0, 0.05) is 25.2 Å². The second kappa shape index (κ2) is 5.79. The minimum absolute atomic E-state index is 0.148. The van der Waals surface area contributed by atoms with Gasteiger partial charge in [-0.25, -0.2) is 0 Å². The number of hydrogen-bond acceptors (Lipinski definition) is 3. The fraction of sp³-hybridized carbons (Fsp3) is 0.923. The lowest BCUT2D eigenvalue weighted by Crippen LogP contribution is -2.47. The molecular weight excluding hydrogens is 259 g/mol. The molecule has 0 unspecified atom stereocenters. The summed E-state index contributed by atoms with van der Waals surface area (Å²) in [7, 11) is 0. The first-order valence-corrected chi connectivity index (χ1v) is 6.78. The molecule has 2 heterocycles. The highest BCUT2D eigenvalue weighted by atomic mass is 19.4. The van der Waals surface area contributed by atoms with Crippen molar-refractivity contribution in [2.45, 2.75) is 31.9 Å². The Kier molecular flexibility index (Phi) is 4.50. The molecular formula is C13H20F3NO2. The van der Waals surface area contributed by atoms with Crippen LogP contribution in [0.25, 0.3) is 0 Å². The Morgan fingerprint density at radius 1 is 1.21 bits per heavy atom. The molecule has 0 amide bonds. The molecule has 0 aromatic carbocycles. The number of carbonyl (C=O) groups excluding carboxylic acids is 1. The van der Waals surface area contributed by atoms with Crippen LogP contribution in [0.15, 0.2) is 0 Å². The summed E-state index contributed by atoms with van der Waals surface area (Å²) in [6.45, 7) is 2.57. The minimum atomic E-state index is -4.08. The van der Waals surface area contributed by atoms with Crippen molar-refractivity contribution in [1.29, 1.82) is 0 Å². The van der Waals surface area contributed by atoms with Crippen LogP contribution in [0.3, 0.4) is 0 Å². The van der Waals surface area contributed by atoms with Gasteiger partial charge in [0.2, 0.25) is 0 Å². The molecule has 2 saturated heterocycles. The van der Waals surface area contributed by atoms with Gasteiger partial charge in [-0.15, -0.1) is 0 Å². The predicted octanol–water partition coefficient (Wildman–Crippen LogP) is 2.26. The molecule has 0 radical (unpaired) electrons. The first-order valence-electron chi connectivity index (χ1n) is 6.78. The number of piperidine rings is 1. The largest absolute Gasteiger partial charge is 0.391 e. The van der Waals surface area contributed by atoms with E-state index in [1.165, 1.54) is 0 Å². The highest BCUT2D eigenvalue weighted by Crippen LogP contribution is 2.36. The SMILES string of the molecule is O=CC1(CN2CCC(C(F)(F)F)CC2)CCOCC1. The Balaban J connectivity index is 1.86. The summed E-state index contributed by atoms with van der Waals surface area (Å²) in [5, 5.41) is 0. The van der Waals surface area contributed by atoms with E-state index in [4.69, 9.17) is 4.74 Å². The number of hydrogen-bond donors (Lipinski definition) is 0. The summed E-state index contributed by atoms with van der Waals surface area (Å²) in [4.78, 5) is 13.3. The van der Waals surface area contributed by atoms with Crippen molar-refractivity contribution in [3.63, 3.8) is 0 Å². The van der Waals surface area contributed by atoms with E-state index in [0.29, 0.717) is 45.7 Å². The number of alkyl halides is 3. The number of carbonyl (C=O) groups is 1. The van der Waals surface area contributed by atoms with E-state index in [0.717, 1.165) is 6.29 Å². The number of rotatable bonds is 3. The van der Waals surface area contributed by atoms with Crippen molar-refractivity contribution in [1.82, 2.24) is 4.90 Å². The first kappa shape index (κ1) is 14.8. The molecule has 0 spiro atoms. The fourth-order valence-corrected chi connectivity index (χ4v) is 2.95. The summed E-state index contributed by atoms with van der Waals surface area (Å²) < 4.78 is 43.0. The highest BCUT2D eigenvalue weighted by Gasteiger charge is 2.42. The van der Waals surface area contributed by atoms with Crippen molar-refractivity contribution in [3.8, 4) is 0 Å². The Morgan fingerprint density at radius 2 is 1.79 bits per heavy atom. The van der Waals surface area contributed by atoms with Gasteiger partial charge < -0.3 is 14.4 Å². The Morgan fingerprint density at radius 3 is 2.26 bits per heavy atom. The van der Waals surface area contributed by atoms with Crippen LogP contribution in [0.2, 0.25) is 0 Å². The van der Waals surface area contributed by atoms with Gasteiger partial charge in [-0.2, -0.15) is 13.2 Å². The topological polar surface area (TPSA) is 29.5 Å². The van der Waals surface area contributed by atoms with E-state index < -0.39 is 17.5 Å². The summed E-state index contributed by atoms with van der Waals surface area (Å²) in [5.41, 5.74) is -0.413. The molecule has 0 atom stereocenters. The Hall–Kier alpha value is -0.620. The van der Waals surface area contributed by atoms with Gasteiger partial charge in [0.25, 0.3) is 0 Å². The van der Waals surface area contributed by atoms with E-state index in [-0.39, 0.29) is 12.8 Å². The molecule has 2 rings (SSSR count). The molecule has 0 N–H and O–H groups in total. The number of aldehydes is 1. The van der Waals surface area contributed by atoms with E-state index in [1.807, 2.05) is 4.90 Å². The monoisotopic (exact) mass is 279 g/mol. The zero-order valence-corrected chi connectivity index (χ0v) is 10.9. The molecule has 0 aromatic rings. The van der Waals surface area contributed by atoms with Crippen LogP contribution in [0.1, 0.15) is 25.7 Å². The van der Waals surface area contributed by atoms with Gasteiger partial charge >= 0.3 is 6.18 Å². The zero-order valence-electron chi connectivity index (χ0n) is 10.9. The highest BCUT2D eigenvalue weighted by molar-refractivity contribution is 5.60. The molecule has 6 heteroatoms. The Bertz CT molecular complexity index is 306. The Labute approximate surface area is 111 Å². The van der Waals surface area contributed by atoms with Crippen LogP contribution in [0.4, 0.5) is 13.2 Å². The maximum absolute atomic E-state index is 12.6. The van der Waals surface area contributed by atoms with Crippen LogP contribution < -0.4 is 0 Å². The normalized spacial score (nSPS) is 26.3. The van der Waals surface area contributed by atoms with Gasteiger partial charge in [0.15, 0.2) is 0 Å². The predicted molar refractivity (Wildman–Crippen MR) is 63.8 cm³/mol. The first-order chi connectivity index (χ1) is 8.95. The molecule has 2 aliphatic heterocycles. The third-order valence-corrected chi connectivity index (χ3v) is 4.33. The number of likely N-dealkylation sites (tertiary alicyclic amines) is 1. The standard InChI is InChI=1S/C13H20F3NO2/c14-13(15,16)11-1-5-17(6-2-11)9-12(10-18)3-7-19-8-4-12/h10-11H,1-9H2. The van der Waals surface area contributed by atoms with Gasteiger partial charge in [-0.1, -0.05) is 0 Å². The number of halogens is 3. The zero-order chi connectivity index (χ0) is 13.9. The second-order valence-electron chi connectivity index (χ2n) is 5.68. The van der Waals surface area contributed by atoms with Crippen molar-refractivity contribution in [2.75, 3.05) is 32.8 Å². The number of nitrogens with zero attached hydrogens (tertiary/aromatic N) is 1. The van der Waals surface area contributed by atoms with Crippen molar-refractivity contribution < 1.29 is 22.7 Å². The average Bonchev–Trinajstić information content (AvgIpc) is 2.39. The summed E-state index contributed by atoms with van der Waals surface area (Å²) in [5.74, 6) is -1.18. The van der Waals surface area contributed by atoms with E-state index in [9.17, 15) is 18.0 Å². The molecule has 2 fully saturated rings. The lowest BCUT2D eigenvalue weighted by atomic mass is 9.80. The van der Waals surface area contributed by atoms with E-state index in [1.54, 1.807) is 0 Å². The van der Waals surface area contributed by atoms with Crippen LogP contribution in [-0.2, 0) is 9.53 Å². The summed E-state index contributed by atoms with van der Waals surface area (Å²) in [6.07, 6.45) is -1.45. The molecule has 0 saturated carbocycles. The molecule has 3 nitrogen and oxygen atoms in total. The molecule has 0 aromatic heterocycles. The van der Waals surface area contributed by atoms with Crippen molar-refractivity contribution >= 4 is 6.29 Å². The van der Waals surface area contributed by atoms with Gasteiger partial charge in [-0.3, -0.25) is 0 Å². The summed E-state index contributed by atoms with van der Waals surface area (Å²) >= 11 is 0. The smallest absolute Gasteiger partial charge is 0.381 e. The van der Waals surface area contributed by atoms with Gasteiger partial charge in [-0.05, 0) is 38.8 Å². The minimum Gasteiger partial charge on any atom is -0.381 e. The summed E-state index contributed by atoms with van der Waals surface area (Å²) in [6, 6.07) is 0. The number of ether oxygens (including phenoxy) is 1. The molecule has 110 valence electrons. The quantitative estimate of drug-likeness (QED) is 0.742. The fourth-order valence-electron chi connectivity index (χ4n) is 2.95. The van der Waals surface area contributed by atoms with Crippen LogP contribution in [-0.4, -0.2) is 50.2 Å². The van der Waals surface area contributed by atoms with E-state index >= 15 is 0 Å². The molecule has 19 heavy (non-hydrogen) atoms. The lowest BCUT2D eigenvalue weighted by Gasteiger charge is -2.40. The third kappa shape index (κ3) is 3.69. The second-order valence-corrected chi connectivity index (χ2v) is 5.68. The van der Waals surface area contributed by atoms with Crippen LogP contribution in [0.5, 0.6) is 0 Å². The molecule has 2 aliphatic rings. The van der Waals surface area contributed by atoms with E-state index in [2.05, 4.69) is 0 Å². The van der Waals surface area contributed by atoms with Gasteiger partial charge in [0.1, 0.15) is 6.29 Å². The lowest BCUT2D eigenvalue weighted by molar-refractivity contribution is -0.186.